The van der Waals surface area contributed by atoms with Crippen LogP contribution in [0.5, 0.6) is 0 Å². The van der Waals surface area contributed by atoms with Crippen molar-refractivity contribution in [2.75, 3.05) is 19.6 Å². The lowest BCUT2D eigenvalue weighted by Crippen LogP contribution is -2.25. The Kier molecular flexibility index (Phi) is 7.48. The van der Waals surface area contributed by atoms with E-state index in [1.807, 2.05) is 19.1 Å². The summed E-state index contributed by atoms with van der Waals surface area (Å²) in [4.78, 5) is 2.20. The minimum Gasteiger partial charge on any atom is -0.313 e. The molecular weight excluding hydrogens is 251 g/mol. The molecular formula is C17H27FN2. The summed E-state index contributed by atoms with van der Waals surface area (Å²) in [5.74, 6) is -0.121. The molecule has 1 N–H and O–H groups in total. The minimum absolute atomic E-state index is 0.121. The Labute approximate surface area is 122 Å². The zero-order valence-corrected chi connectivity index (χ0v) is 13.0. The summed E-state index contributed by atoms with van der Waals surface area (Å²) < 4.78 is 13.9. The molecule has 0 saturated carbocycles. The highest BCUT2D eigenvalue weighted by atomic mass is 19.1. The van der Waals surface area contributed by atoms with E-state index in [1.165, 1.54) is 0 Å². The van der Waals surface area contributed by atoms with Crippen molar-refractivity contribution in [3.63, 3.8) is 0 Å². The van der Waals surface area contributed by atoms with Crippen LogP contribution in [0.15, 0.2) is 30.4 Å². The lowest BCUT2D eigenvalue weighted by molar-refractivity contribution is 0.299. The number of halogens is 1. The molecule has 0 bridgehead atoms. The highest BCUT2D eigenvalue weighted by Crippen LogP contribution is 2.14. The summed E-state index contributed by atoms with van der Waals surface area (Å²) in [6.07, 6.45) is 1.11. The second-order valence-corrected chi connectivity index (χ2v) is 5.36. The first kappa shape index (κ1) is 16.9. The van der Waals surface area contributed by atoms with E-state index in [4.69, 9.17) is 0 Å². The van der Waals surface area contributed by atoms with Gasteiger partial charge in [-0.25, -0.2) is 4.39 Å². The van der Waals surface area contributed by atoms with E-state index in [0.29, 0.717) is 6.54 Å². The number of benzene rings is 1. The molecule has 0 unspecified atom stereocenters. The molecule has 0 radical (unpaired) electrons. The van der Waals surface area contributed by atoms with Gasteiger partial charge in [-0.15, -0.1) is 0 Å². The molecule has 3 heteroatoms. The van der Waals surface area contributed by atoms with Crippen molar-refractivity contribution in [3.05, 3.63) is 47.3 Å². The standard InChI is InChI=1S/C17H27FN2/c1-5-9-19-11-15-7-8-17(18)16(10-15)13-20(6-2)12-14(3)4/h7-8,10,19H,3,5-6,9,11-13H2,1-2,4H3. The average Bonchev–Trinajstić information content (AvgIpc) is 2.41. The van der Waals surface area contributed by atoms with Gasteiger partial charge in [0.2, 0.25) is 0 Å². The van der Waals surface area contributed by atoms with Crippen LogP contribution in [0.2, 0.25) is 0 Å². The molecule has 0 spiro atoms. The maximum Gasteiger partial charge on any atom is 0.127 e. The number of hydrogen-bond acceptors (Lipinski definition) is 2. The van der Waals surface area contributed by atoms with Gasteiger partial charge in [-0.2, -0.15) is 0 Å². The smallest absolute Gasteiger partial charge is 0.127 e. The molecule has 112 valence electrons. The van der Waals surface area contributed by atoms with E-state index >= 15 is 0 Å². The van der Waals surface area contributed by atoms with Gasteiger partial charge in [-0.1, -0.05) is 38.1 Å². The van der Waals surface area contributed by atoms with Crippen molar-refractivity contribution in [2.24, 2.45) is 0 Å². The molecule has 1 rings (SSSR count). The predicted octanol–water partition coefficient (Wildman–Crippen LogP) is 3.72. The van der Waals surface area contributed by atoms with E-state index < -0.39 is 0 Å². The molecule has 0 atom stereocenters. The topological polar surface area (TPSA) is 15.3 Å². The zero-order valence-electron chi connectivity index (χ0n) is 13.0. The number of likely N-dealkylation sites (N-methyl/N-ethyl adjacent to an activating group) is 1. The molecule has 2 nitrogen and oxygen atoms in total. The first-order chi connectivity index (χ1) is 9.56. The molecule has 0 aromatic heterocycles. The van der Waals surface area contributed by atoms with Gasteiger partial charge in [0.1, 0.15) is 5.82 Å². The Morgan fingerprint density at radius 2 is 2.10 bits per heavy atom. The van der Waals surface area contributed by atoms with E-state index in [-0.39, 0.29) is 5.82 Å². The summed E-state index contributed by atoms with van der Waals surface area (Å²) in [5, 5.41) is 3.35. The fraction of sp³-hybridized carbons (Fsp3) is 0.529. The van der Waals surface area contributed by atoms with Crippen LogP contribution in [0.25, 0.3) is 0 Å². The number of nitrogens with zero attached hydrogens (tertiary/aromatic N) is 1. The molecule has 0 saturated heterocycles. The Morgan fingerprint density at radius 3 is 2.70 bits per heavy atom. The van der Waals surface area contributed by atoms with Gasteiger partial charge >= 0.3 is 0 Å². The van der Waals surface area contributed by atoms with Gasteiger partial charge in [-0.3, -0.25) is 4.90 Å². The largest absolute Gasteiger partial charge is 0.313 e. The molecule has 20 heavy (non-hydrogen) atoms. The van der Waals surface area contributed by atoms with E-state index in [0.717, 1.165) is 49.3 Å². The van der Waals surface area contributed by atoms with Gasteiger partial charge in [0, 0.05) is 25.2 Å². The van der Waals surface area contributed by atoms with Crippen molar-refractivity contribution in [1.82, 2.24) is 10.2 Å². The number of nitrogens with one attached hydrogen (secondary N) is 1. The summed E-state index contributed by atoms with van der Waals surface area (Å²) in [5.41, 5.74) is 3.01. The van der Waals surface area contributed by atoms with Crippen LogP contribution in [-0.4, -0.2) is 24.5 Å². The van der Waals surface area contributed by atoms with Crippen molar-refractivity contribution in [2.45, 2.75) is 40.3 Å². The van der Waals surface area contributed by atoms with Gasteiger partial charge in [-0.05, 0) is 38.1 Å². The van der Waals surface area contributed by atoms with Crippen LogP contribution in [0.3, 0.4) is 0 Å². The second-order valence-electron chi connectivity index (χ2n) is 5.36. The Morgan fingerprint density at radius 1 is 1.35 bits per heavy atom. The Hall–Kier alpha value is -1.19. The van der Waals surface area contributed by atoms with Crippen LogP contribution in [0.4, 0.5) is 4.39 Å². The quantitative estimate of drug-likeness (QED) is 0.547. The van der Waals surface area contributed by atoms with Crippen LogP contribution in [-0.2, 0) is 13.1 Å². The lowest BCUT2D eigenvalue weighted by atomic mass is 10.1. The van der Waals surface area contributed by atoms with E-state index in [2.05, 4.69) is 30.6 Å². The maximum atomic E-state index is 13.9. The fourth-order valence-electron chi connectivity index (χ4n) is 2.17. The Balaban J connectivity index is 2.71. The molecule has 0 fully saturated rings. The molecule has 0 aliphatic rings. The van der Waals surface area contributed by atoms with Gasteiger partial charge < -0.3 is 5.32 Å². The van der Waals surface area contributed by atoms with Crippen LogP contribution < -0.4 is 5.32 Å². The Bertz CT molecular complexity index is 429. The first-order valence-electron chi connectivity index (χ1n) is 7.41. The monoisotopic (exact) mass is 278 g/mol. The van der Waals surface area contributed by atoms with E-state index in [9.17, 15) is 4.39 Å². The van der Waals surface area contributed by atoms with E-state index in [1.54, 1.807) is 6.07 Å². The van der Waals surface area contributed by atoms with Gasteiger partial charge in [0.25, 0.3) is 0 Å². The summed E-state index contributed by atoms with van der Waals surface area (Å²) >= 11 is 0. The van der Waals surface area contributed by atoms with Crippen LogP contribution in [0, 0.1) is 5.82 Å². The summed E-state index contributed by atoms with van der Waals surface area (Å²) in [6, 6.07) is 5.41. The minimum atomic E-state index is -0.121. The molecule has 0 amide bonds. The SMILES string of the molecule is C=C(C)CN(CC)Cc1cc(CNCCC)ccc1F. The van der Waals surface area contributed by atoms with Gasteiger partial charge in [0.05, 0.1) is 0 Å². The van der Waals surface area contributed by atoms with Crippen LogP contribution in [0.1, 0.15) is 38.3 Å². The van der Waals surface area contributed by atoms with Crippen molar-refractivity contribution in [1.29, 1.82) is 0 Å². The zero-order chi connectivity index (χ0) is 15.0. The molecule has 1 aromatic carbocycles. The van der Waals surface area contributed by atoms with Crippen molar-refractivity contribution >= 4 is 0 Å². The molecule has 0 aliphatic heterocycles. The summed E-state index contributed by atoms with van der Waals surface area (Å²) in [7, 11) is 0. The maximum absolute atomic E-state index is 13.9. The average molecular weight is 278 g/mol. The van der Waals surface area contributed by atoms with Gasteiger partial charge in [0.15, 0.2) is 0 Å². The van der Waals surface area contributed by atoms with Crippen molar-refractivity contribution < 1.29 is 4.39 Å². The predicted molar refractivity (Wildman–Crippen MR) is 84.2 cm³/mol. The first-order valence-corrected chi connectivity index (χ1v) is 7.41. The number of hydrogen-bond donors (Lipinski definition) is 1. The lowest BCUT2D eigenvalue weighted by Gasteiger charge is -2.21. The third kappa shape index (κ3) is 5.85. The van der Waals surface area contributed by atoms with Crippen molar-refractivity contribution in [3.8, 4) is 0 Å². The van der Waals surface area contributed by atoms with Crippen LogP contribution >= 0.6 is 0 Å². The molecule has 0 aliphatic carbocycles. The normalized spacial score (nSPS) is 11.1. The third-order valence-corrected chi connectivity index (χ3v) is 3.20. The highest BCUT2D eigenvalue weighted by molar-refractivity contribution is 5.25. The molecule has 0 heterocycles. The highest BCUT2D eigenvalue weighted by Gasteiger charge is 2.09. The second kappa shape index (κ2) is 8.88. The summed E-state index contributed by atoms with van der Waals surface area (Å²) in [6.45, 7) is 14.3. The molecule has 1 aromatic rings. The fourth-order valence-corrected chi connectivity index (χ4v) is 2.17. The third-order valence-electron chi connectivity index (χ3n) is 3.20. The number of rotatable bonds is 9.